The smallest absolute Gasteiger partial charge is 0.304 e. The van der Waals surface area contributed by atoms with Gasteiger partial charge in [0.05, 0.1) is 18.5 Å². The molecule has 9 nitrogen and oxygen atoms in total. The van der Waals surface area contributed by atoms with Gasteiger partial charge < -0.3 is 14.9 Å². The second-order valence-electron chi connectivity index (χ2n) is 11.8. The van der Waals surface area contributed by atoms with E-state index in [1.807, 2.05) is 46.8 Å². The Labute approximate surface area is 244 Å². The number of nitrogens with zero attached hydrogens (tertiary/aromatic N) is 6. The fourth-order valence-corrected chi connectivity index (χ4v) is 6.91. The molecule has 10 bridgehead atoms. The number of anilines is 1. The largest absolute Gasteiger partial charge is 0.481 e. The van der Waals surface area contributed by atoms with E-state index >= 15 is 0 Å². The van der Waals surface area contributed by atoms with Gasteiger partial charge in [-0.05, 0) is 71.2 Å². The normalized spacial score (nSPS) is 20.9. The zero-order valence-corrected chi connectivity index (χ0v) is 24.0. The molecule has 0 aliphatic carbocycles. The maximum Gasteiger partial charge on any atom is 0.304 e. The molecule has 2 atom stereocenters. The number of hydrogen-bond donors (Lipinski definition) is 1. The van der Waals surface area contributed by atoms with Crippen LogP contribution in [0.25, 0.3) is 11.0 Å². The summed E-state index contributed by atoms with van der Waals surface area (Å²) in [6, 6.07) is 12.2. The quantitative estimate of drug-likeness (QED) is 0.366. The predicted molar refractivity (Wildman–Crippen MR) is 160 cm³/mol. The second kappa shape index (κ2) is 10.4. The number of aryl methyl sites for hydroxylation is 2. The van der Waals surface area contributed by atoms with Gasteiger partial charge in [0.2, 0.25) is 5.91 Å². The maximum absolute atomic E-state index is 13.9. The fraction of sp³-hybridized carbons (Fsp3) is 0.364. The topological polar surface area (TPSA) is 104 Å². The summed E-state index contributed by atoms with van der Waals surface area (Å²) in [7, 11) is 1.96. The molecule has 1 amide bonds. The number of carbonyl (C=O) groups excluding carboxylic acids is 1. The third-order valence-corrected chi connectivity index (χ3v) is 9.24. The minimum atomic E-state index is -0.857. The lowest BCUT2D eigenvalue weighted by Gasteiger charge is -2.33. The van der Waals surface area contributed by atoms with Crippen LogP contribution in [-0.2, 0) is 41.9 Å². The number of rotatable bonds is 2. The van der Waals surface area contributed by atoms with Crippen LogP contribution in [0.5, 0.6) is 0 Å². The number of benzene rings is 2. The number of hydrogen-bond acceptors (Lipinski definition) is 6. The molecule has 0 saturated carbocycles. The minimum absolute atomic E-state index is 0.0369. The van der Waals surface area contributed by atoms with Crippen LogP contribution in [0.1, 0.15) is 57.7 Å². The zero-order valence-electron chi connectivity index (χ0n) is 24.0. The molecule has 6 heterocycles. The molecule has 2 aromatic heterocycles. The standard InChI is InChI=1S/C33H34N6O3/c1-20-26-9-10-28-31(20)35-36-39(28)12-5-3-4-6-21-14-24-16-29(37(2)32(24)34-18-21)33(42)38-13-11-22-7-8-23(15-25(22)19-38)27(26)17-30(40)41/h3,5,7-10,14-15,18,27,29H,4,6,11-13,16-17,19H2,1-2H3,(H,40,41)/b5-3+. The fourth-order valence-electron chi connectivity index (χ4n) is 6.91. The number of likely N-dealkylation sites (N-methyl/N-ethyl adjacent to an activating group) is 1. The van der Waals surface area contributed by atoms with Crippen LogP contribution < -0.4 is 4.90 Å². The van der Waals surface area contributed by atoms with Gasteiger partial charge in [0, 0.05) is 38.7 Å². The van der Waals surface area contributed by atoms with E-state index in [-0.39, 0.29) is 24.3 Å². The Hall–Kier alpha value is -4.53. The molecule has 2 unspecified atom stereocenters. The van der Waals surface area contributed by atoms with Gasteiger partial charge in [0.1, 0.15) is 17.4 Å². The van der Waals surface area contributed by atoms with Crippen molar-refractivity contribution in [2.24, 2.45) is 0 Å². The van der Waals surface area contributed by atoms with E-state index in [0.717, 1.165) is 63.9 Å². The highest BCUT2D eigenvalue weighted by molar-refractivity contribution is 5.88. The van der Waals surface area contributed by atoms with Crippen LogP contribution in [-0.4, -0.2) is 61.5 Å². The summed E-state index contributed by atoms with van der Waals surface area (Å²) < 4.78 is 1.89. The van der Waals surface area contributed by atoms with Gasteiger partial charge in [-0.15, -0.1) is 5.10 Å². The van der Waals surface area contributed by atoms with Crippen molar-refractivity contribution in [2.75, 3.05) is 18.5 Å². The van der Waals surface area contributed by atoms with Crippen LogP contribution in [0.4, 0.5) is 5.82 Å². The first kappa shape index (κ1) is 26.4. The van der Waals surface area contributed by atoms with E-state index in [0.29, 0.717) is 26.1 Å². The van der Waals surface area contributed by atoms with Gasteiger partial charge in [-0.2, -0.15) is 0 Å². The predicted octanol–water partition coefficient (Wildman–Crippen LogP) is 4.19. The maximum atomic E-state index is 13.9. The lowest BCUT2D eigenvalue weighted by molar-refractivity contribution is -0.137. The van der Waals surface area contributed by atoms with Crippen LogP contribution in [0.3, 0.4) is 0 Å². The van der Waals surface area contributed by atoms with Crippen molar-refractivity contribution in [3.05, 3.63) is 93.7 Å². The Morgan fingerprint density at radius 1 is 1.07 bits per heavy atom. The average Bonchev–Trinajstić information content (AvgIpc) is 3.55. The summed E-state index contributed by atoms with van der Waals surface area (Å²) in [5.41, 5.74) is 9.14. The number of aliphatic carboxylic acids is 1. The number of carboxylic acids is 1. The van der Waals surface area contributed by atoms with Crippen LogP contribution >= 0.6 is 0 Å². The number of fused-ring (bicyclic) bond motifs is 4. The average molecular weight is 563 g/mol. The van der Waals surface area contributed by atoms with Crippen molar-refractivity contribution in [3.8, 4) is 0 Å². The first-order valence-electron chi connectivity index (χ1n) is 14.7. The van der Waals surface area contributed by atoms with E-state index < -0.39 is 5.97 Å². The third-order valence-electron chi connectivity index (χ3n) is 9.24. The van der Waals surface area contributed by atoms with E-state index in [1.165, 1.54) is 11.1 Å². The molecule has 42 heavy (non-hydrogen) atoms. The van der Waals surface area contributed by atoms with E-state index in [2.05, 4.69) is 46.7 Å². The lowest BCUT2D eigenvalue weighted by atomic mass is 9.83. The Morgan fingerprint density at radius 3 is 2.81 bits per heavy atom. The van der Waals surface area contributed by atoms with Crippen LogP contribution in [0.15, 0.2) is 54.7 Å². The second-order valence-corrected chi connectivity index (χ2v) is 11.8. The van der Waals surface area contributed by atoms with Crippen molar-refractivity contribution in [1.29, 1.82) is 0 Å². The van der Waals surface area contributed by atoms with E-state index in [1.54, 1.807) is 0 Å². The first-order chi connectivity index (χ1) is 20.4. The molecule has 9 heteroatoms. The van der Waals surface area contributed by atoms with Crippen molar-refractivity contribution in [2.45, 2.75) is 64.1 Å². The summed E-state index contributed by atoms with van der Waals surface area (Å²) >= 11 is 0. The summed E-state index contributed by atoms with van der Waals surface area (Å²) in [5.74, 6) is -0.200. The lowest BCUT2D eigenvalue weighted by Crippen LogP contribution is -2.47. The van der Waals surface area contributed by atoms with Gasteiger partial charge in [0.25, 0.3) is 0 Å². The molecule has 0 saturated heterocycles. The molecule has 0 spiro atoms. The number of allylic oxidation sites excluding steroid dienone is 2. The molecule has 1 N–H and O–H groups in total. The molecule has 4 aliphatic rings. The molecule has 2 aromatic carbocycles. The first-order valence-corrected chi connectivity index (χ1v) is 14.7. The Kier molecular flexibility index (Phi) is 6.52. The molecule has 0 radical (unpaired) electrons. The molecule has 214 valence electrons. The van der Waals surface area contributed by atoms with Crippen molar-refractivity contribution < 1.29 is 14.7 Å². The van der Waals surface area contributed by atoms with Crippen LogP contribution in [0.2, 0.25) is 0 Å². The van der Waals surface area contributed by atoms with Gasteiger partial charge in [0.15, 0.2) is 0 Å². The summed E-state index contributed by atoms with van der Waals surface area (Å²) in [5, 5.41) is 18.8. The molecular formula is C33H34N6O3. The van der Waals surface area contributed by atoms with Crippen molar-refractivity contribution in [3.63, 3.8) is 0 Å². The zero-order chi connectivity index (χ0) is 29.0. The number of carbonyl (C=O) groups is 2. The molecule has 4 aliphatic heterocycles. The Morgan fingerprint density at radius 2 is 1.95 bits per heavy atom. The van der Waals surface area contributed by atoms with Gasteiger partial charge in [-0.3, -0.25) is 9.59 Å². The monoisotopic (exact) mass is 562 g/mol. The molecular weight excluding hydrogens is 528 g/mol. The number of pyridine rings is 1. The van der Waals surface area contributed by atoms with Gasteiger partial charge in [-0.25, -0.2) is 9.67 Å². The van der Waals surface area contributed by atoms with Gasteiger partial charge >= 0.3 is 5.97 Å². The Balaban J connectivity index is 1.31. The van der Waals surface area contributed by atoms with E-state index in [9.17, 15) is 14.7 Å². The van der Waals surface area contributed by atoms with Gasteiger partial charge in [-0.1, -0.05) is 47.7 Å². The van der Waals surface area contributed by atoms with Crippen molar-refractivity contribution in [1.82, 2.24) is 24.9 Å². The molecule has 8 rings (SSSR count). The number of aromatic nitrogens is 4. The SMILES string of the molecule is Cc1c2ccc3c1nnn3C/C=C/CCc1cnc3c(c1)CC(C(=O)N1CCc4ccc(cc4C1)C2CC(=O)O)N3C. The summed E-state index contributed by atoms with van der Waals surface area (Å²) in [6.45, 7) is 3.79. The minimum Gasteiger partial charge on any atom is -0.481 e. The highest BCUT2D eigenvalue weighted by Gasteiger charge is 2.37. The number of carboxylic acid groups (broad SMARTS) is 1. The number of amides is 1. The van der Waals surface area contributed by atoms with E-state index in [4.69, 9.17) is 4.98 Å². The summed E-state index contributed by atoms with van der Waals surface area (Å²) in [4.78, 5) is 34.7. The highest BCUT2D eigenvalue weighted by Crippen LogP contribution is 2.36. The van der Waals surface area contributed by atoms with Crippen LogP contribution in [0, 0.1) is 6.92 Å². The summed E-state index contributed by atoms with van der Waals surface area (Å²) in [6.07, 6.45) is 9.34. The highest BCUT2D eigenvalue weighted by atomic mass is 16.4. The molecule has 0 fully saturated rings. The third kappa shape index (κ3) is 4.53. The molecule has 4 aromatic rings. The van der Waals surface area contributed by atoms with Crippen molar-refractivity contribution >= 4 is 28.7 Å². The Bertz CT molecular complexity index is 1760.